The molecule has 0 radical (unpaired) electrons. The van der Waals surface area contributed by atoms with E-state index in [0.717, 1.165) is 25.7 Å². The second-order valence-corrected chi connectivity index (χ2v) is 5.94. The lowest BCUT2D eigenvalue weighted by molar-refractivity contribution is 0.458. The first-order chi connectivity index (χ1) is 7.69. The molecular weight excluding hydrogens is 216 g/mol. The Balaban J connectivity index is 2.27. The molecule has 0 aliphatic heterocycles. The second-order valence-electron chi connectivity index (χ2n) is 4.86. The van der Waals surface area contributed by atoms with Crippen LogP contribution in [0.2, 0.25) is 0 Å². The van der Waals surface area contributed by atoms with Gasteiger partial charge in [0, 0.05) is 4.88 Å². The van der Waals surface area contributed by atoms with Gasteiger partial charge in [0.2, 0.25) is 0 Å². The second kappa shape index (κ2) is 4.84. The van der Waals surface area contributed by atoms with Gasteiger partial charge >= 0.3 is 0 Å². The molecule has 90 valence electrons. The number of thiazole rings is 1. The standard InChI is InChI=1S/C13H22N2S/c1-3-7-10-11(4-2)16-12(15-10)13(14)8-5-6-9-13/h3-9,14H2,1-2H3. The van der Waals surface area contributed by atoms with Gasteiger partial charge < -0.3 is 5.73 Å². The molecule has 0 amide bonds. The summed E-state index contributed by atoms with van der Waals surface area (Å²) in [7, 11) is 0. The molecule has 1 saturated carbocycles. The highest BCUT2D eigenvalue weighted by Gasteiger charge is 2.34. The van der Waals surface area contributed by atoms with E-state index in [0.29, 0.717) is 0 Å². The Kier molecular flexibility index (Phi) is 3.65. The van der Waals surface area contributed by atoms with Gasteiger partial charge in [-0.1, -0.05) is 33.1 Å². The largest absolute Gasteiger partial charge is 0.319 e. The monoisotopic (exact) mass is 238 g/mol. The minimum Gasteiger partial charge on any atom is -0.319 e. The van der Waals surface area contributed by atoms with Gasteiger partial charge in [0.15, 0.2) is 0 Å². The molecule has 0 atom stereocenters. The Labute approximate surface area is 102 Å². The quantitative estimate of drug-likeness (QED) is 0.873. The van der Waals surface area contributed by atoms with Crippen molar-refractivity contribution in [3.63, 3.8) is 0 Å². The van der Waals surface area contributed by atoms with Gasteiger partial charge in [-0.3, -0.25) is 0 Å². The lowest BCUT2D eigenvalue weighted by atomic mass is 10.0. The average Bonchev–Trinajstić information content (AvgIpc) is 2.86. The maximum atomic E-state index is 6.46. The molecule has 0 unspecified atom stereocenters. The molecule has 1 aromatic heterocycles. The topological polar surface area (TPSA) is 38.9 Å². The molecule has 1 fully saturated rings. The maximum Gasteiger partial charge on any atom is 0.113 e. The van der Waals surface area contributed by atoms with Crippen molar-refractivity contribution in [3.05, 3.63) is 15.6 Å². The molecule has 2 N–H and O–H groups in total. The molecule has 16 heavy (non-hydrogen) atoms. The molecule has 0 spiro atoms. The zero-order chi connectivity index (χ0) is 11.6. The van der Waals surface area contributed by atoms with Crippen LogP contribution in [0.1, 0.15) is 61.5 Å². The summed E-state index contributed by atoms with van der Waals surface area (Å²) < 4.78 is 0. The van der Waals surface area contributed by atoms with Crippen LogP contribution in [0.25, 0.3) is 0 Å². The van der Waals surface area contributed by atoms with Crippen LogP contribution in [0.15, 0.2) is 0 Å². The lowest BCUT2D eigenvalue weighted by Gasteiger charge is -2.19. The van der Waals surface area contributed by atoms with Crippen LogP contribution in [-0.2, 0) is 18.4 Å². The first-order valence-corrected chi connectivity index (χ1v) is 7.29. The van der Waals surface area contributed by atoms with Gasteiger partial charge in [-0.25, -0.2) is 4.98 Å². The van der Waals surface area contributed by atoms with Gasteiger partial charge in [0.1, 0.15) is 5.01 Å². The Hall–Kier alpha value is -0.410. The first-order valence-electron chi connectivity index (χ1n) is 6.47. The molecule has 1 heterocycles. The number of nitrogens with two attached hydrogens (primary N) is 1. The third-order valence-electron chi connectivity index (χ3n) is 3.51. The molecule has 0 bridgehead atoms. The van der Waals surface area contributed by atoms with Crippen molar-refractivity contribution >= 4 is 11.3 Å². The zero-order valence-electron chi connectivity index (χ0n) is 10.4. The summed E-state index contributed by atoms with van der Waals surface area (Å²) in [5, 5.41) is 1.20. The third kappa shape index (κ3) is 2.16. The van der Waals surface area contributed by atoms with Crippen LogP contribution in [-0.4, -0.2) is 4.98 Å². The number of hydrogen-bond donors (Lipinski definition) is 1. The van der Waals surface area contributed by atoms with Crippen LogP contribution in [0, 0.1) is 0 Å². The number of nitrogens with zero attached hydrogens (tertiary/aromatic N) is 1. The van der Waals surface area contributed by atoms with E-state index in [1.807, 2.05) is 11.3 Å². The Morgan fingerprint density at radius 3 is 2.56 bits per heavy atom. The molecule has 2 rings (SSSR count). The Morgan fingerprint density at radius 2 is 2.00 bits per heavy atom. The third-order valence-corrected chi connectivity index (χ3v) is 4.97. The Bertz CT molecular complexity index is 351. The summed E-state index contributed by atoms with van der Waals surface area (Å²) in [6, 6.07) is 0. The summed E-state index contributed by atoms with van der Waals surface area (Å²) in [5.74, 6) is 0. The van der Waals surface area contributed by atoms with E-state index < -0.39 is 0 Å². The molecular formula is C13H22N2S. The number of hydrogen-bond acceptors (Lipinski definition) is 3. The van der Waals surface area contributed by atoms with Crippen molar-refractivity contribution in [2.45, 2.75) is 64.3 Å². The van der Waals surface area contributed by atoms with Gasteiger partial charge in [-0.05, 0) is 25.7 Å². The fraction of sp³-hybridized carbons (Fsp3) is 0.769. The molecule has 1 aliphatic rings. The summed E-state index contributed by atoms with van der Waals surface area (Å²) in [5.41, 5.74) is 7.67. The molecule has 1 aliphatic carbocycles. The smallest absolute Gasteiger partial charge is 0.113 e. The number of rotatable bonds is 4. The van der Waals surface area contributed by atoms with Gasteiger partial charge in [-0.2, -0.15) is 0 Å². The fourth-order valence-corrected chi connectivity index (χ4v) is 3.73. The van der Waals surface area contributed by atoms with Crippen LogP contribution in [0.4, 0.5) is 0 Å². The summed E-state index contributed by atoms with van der Waals surface area (Å²) in [6.45, 7) is 4.43. The first kappa shape index (κ1) is 12.1. The van der Waals surface area contributed by atoms with Crippen molar-refractivity contribution in [1.82, 2.24) is 4.98 Å². The predicted molar refractivity (Wildman–Crippen MR) is 69.8 cm³/mol. The molecule has 3 heteroatoms. The number of aromatic nitrogens is 1. The summed E-state index contributed by atoms with van der Waals surface area (Å²) in [4.78, 5) is 6.27. The van der Waals surface area contributed by atoms with E-state index >= 15 is 0 Å². The van der Waals surface area contributed by atoms with Crippen LogP contribution >= 0.6 is 11.3 Å². The zero-order valence-corrected chi connectivity index (χ0v) is 11.2. The molecule has 0 saturated heterocycles. The van der Waals surface area contributed by atoms with Crippen molar-refractivity contribution in [3.8, 4) is 0 Å². The number of aryl methyl sites for hydroxylation is 2. The minimum absolute atomic E-state index is 0.0966. The van der Waals surface area contributed by atoms with Gasteiger partial charge in [0.25, 0.3) is 0 Å². The normalized spacial score (nSPS) is 19.2. The van der Waals surface area contributed by atoms with E-state index in [1.165, 1.54) is 34.8 Å². The van der Waals surface area contributed by atoms with E-state index in [4.69, 9.17) is 10.7 Å². The van der Waals surface area contributed by atoms with Crippen molar-refractivity contribution in [1.29, 1.82) is 0 Å². The van der Waals surface area contributed by atoms with Crippen LogP contribution in [0.5, 0.6) is 0 Å². The summed E-state index contributed by atoms with van der Waals surface area (Å²) in [6.07, 6.45) is 8.15. The van der Waals surface area contributed by atoms with Crippen molar-refractivity contribution in [2.24, 2.45) is 5.73 Å². The molecule has 2 nitrogen and oxygen atoms in total. The van der Waals surface area contributed by atoms with Gasteiger partial charge in [0.05, 0.1) is 11.2 Å². The van der Waals surface area contributed by atoms with E-state index in [1.54, 1.807) is 0 Å². The highest BCUT2D eigenvalue weighted by molar-refractivity contribution is 7.11. The van der Waals surface area contributed by atoms with E-state index in [9.17, 15) is 0 Å². The summed E-state index contributed by atoms with van der Waals surface area (Å²) >= 11 is 1.86. The van der Waals surface area contributed by atoms with Gasteiger partial charge in [-0.15, -0.1) is 11.3 Å². The highest BCUT2D eigenvalue weighted by Crippen LogP contribution is 2.39. The van der Waals surface area contributed by atoms with Crippen LogP contribution < -0.4 is 5.73 Å². The van der Waals surface area contributed by atoms with Crippen LogP contribution in [0.3, 0.4) is 0 Å². The molecule has 0 aromatic carbocycles. The fourth-order valence-electron chi connectivity index (χ4n) is 2.52. The highest BCUT2D eigenvalue weighted by atomic mass is 32.1. The van der Waals surface area contributed by atoms with E-state index in [2.05, 4.69) is 13.8 Å². The van der Waals surface area contributed by atoms with E-state index in [-0.39, 0.29) is 5.54 Å². The minimum atomic E-state index is -0.0966. The van der Waals surface area contributed by atoms with Crippen molar-refractivity contribution < 1.29 is 0 Å². The van der Waals surface area contributed by atoms with Crippen molar-refractivity contribution in [2.75, 3.05) is 0 Å². The average molecular weight is 238 g/mol. The lowest BCUT2D eigenvalue weighted by Crippen LogP contribution is -2.32. The maximum absolute atomic E-state index is 6.46. The SMILES string of the molecule is CCCc1nc(C2(N)CCCC2)sc1CC. The molecule has 1 aromatic rings. The Morgan fingerprint density at radius 1 is 1.31 bits per heavy atom. The predicted octanol–water partition coefficient (Wildman–Crippen LogP) is 3.39.